The van der Waals surface area contributed by atoms with Crippen molar-refractivity contribution in [2.24, 2.45) is 5.73 Å². The van der Waals surface area contributed by atoms with Gasteiger partial charge in [-0.25, -0.2) is 0 Å². The lowest BCUT2D eigenvalue weighted by Crippen LogP contribution is -2.50. The largest absolute Gasteiger partial charge is 0.460 e. The van der Waals surface area contributed by atoms with Gasteiger partial charge >= 0.3 is 17.8 Å². The molecule has 0 unspecified atom stereocenters. The summed E-state index contributed by atoms with van der Waals surface area (Å²) in [5, 5.41) is 0. The molecule has 8 heteroatoms. The number of hydrogen-bond acceptors (Lipinski definition) is 4. The molecule has 1 heterocycles. The number of unbranched alkanes of at least 4 members (excludes halogenated alkanes) is 1. The van der Waals surface area contributed by atoms with Gasteiger partial charge in [0.25, 0.3) is 0 Å². The van der Waals surface area contributed by atoms with Crippen LogP contribution in [-0.2, 0) is 9.53 Å². The van der Waals surface area contributed by atoms with Crippen LogP contribution in [0, 0.1) is 0 Å². The molecule has 2 N–H and O–H groups in total. The second-order valence-electron chi connectivity index (χ2n) is 6.29. The van der Waals surface area contributed by atoms with Crippen molar-refractivity contribution in [3.8, 4) is 0 Å². The molecule has 21 heavy (non-hydrogen) atoms. The lowest BCUT2D eigenvalue weighted by Gasteiger charge is -2.23. The zero-order chi connectivity index (χ0) is 16.5. The van der Waals surface area contributed by atoms with Gasteiger partial charge in [0.05, 0.1) is 6.54 Å². The van der Waals surface area contributed by atoms with Crippen LogP contribution < -0.4 is 5.73 Å². The van der Waals surface area contributed by atoms with E-state index in [1.165, 1.54) is 0 Å². The number of carbonyl (C=O) groups is 1. The number of alkyl halides is 4. The third-order valence-corrected chi connectivity index (χ3v) is 3.15. The second-order valence-corrected chi connectivity index (χ2v) is 6.29. The summed E-state index contributed by atoms with van der Waals surface area (Å²) in [6.45, 7) is 4.14. The van der Waals surface area contributed by atoms with E-state index in [0.29, 0.717) is 12.8 Å². The zero-order valence-electron chi connectivity index (χ0n) is 12.5. The van der Waals surface area contributed by atoms with E-state index in [9.17, 15) is 22.4 Å². The molecule has 0 bridgehead atoms. The van der Waals surface area contributed by atoms with Crippen LogP contribution in [0.4, 0.5) is 17.6 Å². The quantitative estimate of drug-likeness (QED) is 0.481. The monoisotopic (exact) mass is 314 g/mol. The standard InChI is InChI=1S/C13H22F4N2O2/c1-11(2,3)21-9(20)6-4-5-7-19-8-12(14,15)13(16,17)10(19)18/h10H,4-8,18H2,1-3H3/t10-/m0/s1. The fourth-order valence-electron chi connectivity index (χ4n) is 2.10. The summed E-state index contributed by atoms with van der Waals surface area (Å²) in [7, 11) is 0. The zero-order valence-corrected chi connectivity index (χ0v) is 12.5. The molecule has 0 saturated carbocycles. The SMILES string of the molecule is CC(C)(C)OC(=O)CCCCN1CC(F)(F)C(F)(F)[C@H]1N. The maximum absolute atomic E-state index is 13.2. The Bertz CT molecular complexity index is 383. The molecule has 1 fully saturated rings. The van der Waals surface area contributed by atoms with E-state index < -0.39 is 36.1 Å². The molecule has 0 radical (unpaired) electrons. The van der Waals surface area contributed by atoms with Crippen LogP contribution in [0.1, 0.15) is 40.0 Å². The number of nitrogens with two attached hydrogens (primary N) is 1. The van der Waals surface area contributed by atoms with Crippen molar-refractivity contribution in [3.63, 3.8) is 0 Å². The summed E-state index contributed by atoms with van der Waals surface area (Å²) < 4.78 is 57.7. The summed E-state index contributed by atoms with van der Waals surface area (Å²) in [6, 6.07) is 0. The molecule has 1 aliphatic heterocycles. The maximum atomic E-state index is 13.2. The first-order valence-electron chi connectivity index (χ1n) is 6.84. The van der Waals surface area contributed by atoms with Gasteiger partial charge in [0.1, 0.15) is 11.8 Å². The van der Waals surface area contributed by atoms with Crippen LogP contribution in [0.3, 0.4) is 0 Å². The topological polar surface area (TPSA) is 55.6 Å². The Hall–Kier alpha value is -0.890. The van der Waals surface area contributed by atoms with Gasteiger partial charge in [-0.15, -0.1) is 0 Å². The fraction of sp³-hybridized carbons (Fsp3) is 0.923. The second kappa shape index (κ2) is 6.08. The number of likely N-dealkylation sites (tertiary alicyclic amines) is 1. The minimum absolute atomic E-state index is 0.00482. The summed E-state index contributed by atoms with van der Waals surface area (Å²) in [5.41, 5.74) is 4.58. The van der Waals surface area contributed by atoms with Gasteiger partial charge in [0, 0.05) is 13.0 Å². The van der Waals surface area contributed by atoms with Crippen molar-refractivity contribution in [2.45, 2.75) is 63.6 Å². The van der Waals surface area contributed by atoms with Crippen molar-refractivity contribution >= 4 is 5.97 Å². The summed E-state index contributed by atoms with van der Waals surface area (Å²) in [4.78, 5) is 12.3. The Morgan fingerprint density at radius 1 is 1.29 bits per heavy atom. The van der Waals surface area contributed by atoms with Crippen molar-refractivity contribution in [2.75, 3.05) is 13.1 Å². The highest BCUT2D eigenvalue weighted by Crippen LogP contribution is 2.43. The van der Waals surface area contributed by atoms with Gasteiger partial charge in [0.2, 0.25) is 0 Å². The molecule has 1 rings (SSSR count). The number of esters is 1. The Morgan fingerprint density at radius 3 is 2.29 bits per heavy atom. The average Bonchev–Trinajstić information content (AvgIpc) is 2.43. The molecule has 124 valence electrons. The number of halogens is 4. The Morgan fingerprint density at radius 2 is 1.86 bits per heavy atom. The van der Waals surface area contributed by atoms with E-state index in [2.05, 4.69) is 0 Å². The molecule has 1 atom stereocenters. The highest BCUT2D eigenvalue weighted by molar-refractivity contribution is 5.69. The smallest absolute Gasteiger partial charge is 0.339 e. The van der Waals surface area contributed by atoms with E-state index >= 15 is 0 Å². The molecule has 1 saturated heterocycles. The molecule has 1 aliphatic rings. The maximum Gasteiger partial charge on any atom is 0.339 e. The van der Waals surface area contributed by atoms with Crippen molar-refractivity contribution < 1.29 is 27.1 Å². The predicted molar refractivity (Wildman–Crippen MR) is 69.1 cm³/mol. The molecule has 0 aromatic heterocycles. The molecular weight excluding hydrogens is 292 g/mol. The van der Waals surface area contributed by atoms with Crippen LogP contribution in [0.2, 0.25) is 0 Å². The Balaban J connectivity index is 2.33. The minimum Gasteiger partial charge on any atom is -0.460 e. The summed E-state index contributed by atoms with van der Waals surface area (Å²) >= 11 is 0. The summed E-state index contributed by atoms with van der Waals surface area (Å²) in [6.07, 6.45) is -1.18. The first-order chi connectivity index (χ1) is 9.37. The van der Waals surface area contributed by atoms with Gasteiger partial charge in [-0.1, -0.05) is 0 Å². The first kappa shape index (κ1) is 18.2. The van der Waals surface area contributed by atoms with Gasteiger partial charge in [0.15, 0.2) is 0 Å². The first-order valence-corrected chi connectivity index (χ1v) is 6.84. The van der Waals surface area contributed by atoms with Gasteiger partial charge < -0.3 is 10.5 Å². The number of nitrogens with zero attached hydrogens (tertiary/aromatic N) is 1. The number of hydrogen-bond donors (Lipinski definition) is 1. The van der Waals surface area contributed by atoms with Gasteiger partial charge in [-0.2, -0.15) is 17.6 Å². The lowest BCUT2D eigenvalue weighted by molar-refractivity contribution is -0.186. The molecule has 0 aromatic rings. The molecule has 0 amide bonds. The van der Waals surface area contributed by atoms with E-state index in [4.69, 9.17) is 10.5 Å². The van der Waals surface area contributed by atoms with Crippen LogP contribution >= 0.6 is 0 Å². The van der Waals surface area contributed by atoms with Crippen molar-refractivity contribution in [1.82, 2.24) is 4.90 Å². The molecule has 0 aromatic carbocycles. The lowest BCUT2D eigenvalue weighted by atomic mass is 10.2. The molecule has 0 aliphatic carbocycles. The molecule has 0 spiro atoms. The third-order valence-electron chi connectivity index (χ3n) is 3.15. The van der Waals surface area contributed by atoms with Crippen molar-refractivity contribution in [1.29, 1.82) is 0 Å². The predicted octanol–water partition coefficient (Wildman–Crippen LogP) is 2.37. The molecular formula is C13H22F4N2O2. The van der Waals surface area contributed by atoms with Crippen LogP contribution in [0.15, 0.2) is 0 Å². The highest BCUT2D eigenvalue weighted by Gasteiger charge is 2.67. The van der Waals surface area contributed by atoms with Crippen LogP contribution in [0.5, 0.6) is 0 Å². The van der Waals surface area contributed by atoms with Crippen molar-refractivity contribution in [3.05, 3.63) is 0 Å². The summed E-state index contributed by atoms with van der Waals surface area (Å²) in [5.74, 6) is -8.74. The van der Waals surface area contributed by atoms with Crippen LogP contribution in [-0.4, -0.2) is 47.6 Å². The van der Waals surface area contributed by atoms with E-state index in [-0.39, 0.29) is 13.0 Å². The number of carbonyl (C=O) groups excluding carboxylic acids is 1. The minimum atomic E-state index is -4.22. The third kappa shape index (κ3) is 4.54. The van der Waals surface area contributed by atoms with Crippen LogP contribution in [0.25, 0.3) is 0 Å². The normalized spacial score (nSPS) is 25.0. The average molecular weight is 314 g/mol. The van der Waals surface area contributed by atoms with E-state index in [1.807, 2.05) is 0 Å². The molecule has 4 nitrogen and oxygen atoms in total. The van der Waals surface area contributed by atoms with E-state index in [1.54, 1.807) is 20.8 Å². The number of rotatable bonds is 5. The van der Waals surface area contributed by atoms with Gasteiger partial charge in [-0.05, 0) is 33.6 Å². The fourth-order valence-corrected chi connectivity index (χ4v) is 2.10. The highest BCUT2D eigenvalue weighted by atomic mass is 19.3. The Kier molecular flexibility index (Phi) is 5.26. The Labute approximate surface area is 121 Å². The van der Waals surface area contributed by atoms with E-state index in [0.717, 1.165) is 4.90 Å². The number of ether oxygens (including phenoxy) is 1. The van der Waals surface area contributed by atoms with Gasteiger partial charge in [-0.3, -0.25) is 9.69 Å².